The molecule has 0 aliphatic heterocycles. The lowest BCUT2D eigenvalue weighted by Crippen LogP contribution is -2.46. The van der Waals surface area contributed by atoms with Gasteiger partial charge in [0, 0.05) is 18.6 Å². The molecule has 0 bridgehead atoms. The zero-order valence-electron chi connectivity index (χ0n) is 10.5. The molecule has 1 aliphatic carbocycles. The largest absolute Gasteiger partial charge is 0.369 e. The van der Waals surface area contributed by atoms with Crippen molar-refractivity contribution in [3.63, 3.8) is 0 Å². The van der Waals surface area contributed by atoms with Crippen molar-refractivity contribution in [3.8, 4) is 0 Å². The SMILES string of the molecule is CC(C)CN(CC(N)=O)C1CCC(N)CC1. The molecule has 0 heterocycles. The van der Waals surface area contributed by atoms with Crippen molar-refractivity contribution in [2.24, 2.45) is 17.4 Å². The van der Waals surface area contributed by atoms with E-state index in [0.717, 1.165) is 32.2 Å². The van der Waals surface area contributed by atoms with E-state index >= 15 is 0 Å². The number of primary amides is 1. The van der Waals surface area contributed by atoms with Gasteiger partial charge in [-0.1, -0.05) is 13.8 Å². The topological polar surface area (TPSA) is 72.3 Å². The highest BCUT2D eigenvalue weighted by Gasteiger charge is 2.25. The van der Waals surface area contributed by atoms with Crippen LogP contribution in [0.4, 0.5) is 0 Å². The second-order valence-electron chi connectivity index (χ2n) is 5.36. The molecule has 0 unspecified atom stereocenters. The van der Waals surface area contributed by atoms with E-state index in [9.17, 15) is 4.79 Å². The maximum atomic E-state index is 11.1. The summed E-state index contributed by atoms with van der Waals surface area (Å²) in [6.07, 6.45) is 4.33. The Morgan fingerprint density at radius 2 is 1.88 bits per heavy atom. The number of hydrogen-bond donors (Lipinski definition) is 2. The molecule has 1 aliphatic rings. The van der Waals surface area contributed by atoms with Gasteiger partial charge in [-0.3, -0.25) is 9.69 Å². The molecule has 4 nitrogen and oxygen atoms in total. The van der Waals surface area contributed by atoms with Crippen molar-refractivity contribution < 1.29 is 4.79 Å². The maximum absolute atomic E-state index is 11.1. The Bertz CT molecular complexity index is 222. The fraction of sp³-hybridized carbons (Fsp3) is 0.917. The maximum Gasteiger partial charge on any atom is 0.231 e. The van der Waals surface area contributed by atoms with Gasteiger partial charge in [-0.25, -0.2) is 0 Å². The van der Waals surface area contributed by atoms with Crippen LogP contribution >= 0.6 is 0 Å². The quantitative estimate of drug-likeness (QED) is 0.726. The van der Waals surface area contributed by atoms with Crippen LogP contribution < -0.4 is 11.5 Å². The van der Waals surface area contributed by atoms with Crippen molar-refractivity contribution in [1.82, 2.24) is 4.90 Å². The molecule has 0 aromatic carbocycles. The average molecular weight is 227 g/mol. The summed E-state index contributed by atoms with van der Waals surface area (Å²) in [5.74, 6) is 0.338. The van der Waals surface area contributed by atoms with Crippen molar-refractivity contribution in [2.45, 2.75) is 51.6 Å². The number of carbonyl (C=O) groups excluding carboxylic acids is 1. The third-order valence-corrected chi connectivity index (χ3v) is 3.22. The third-order valence-electron chi connectivity index (χ3n) is 3.22. The molecule has 0 spiro atoms. The summed E-state index contributed by atoms with van der Waals surface area (Å²) in [5, 5.41) is 0. The van der Waals surface area contributed by atoms with Crippen LogP contribution in [0.3, 0.4) is 0 Å². The normalized spacial score (nSPS) is 26.3. The van der Waals surface area contributed by atoms with Crippen LogP contribution in [0.15, 0.2) is 0 Å². The van der Waals surface area contributed by atoms with Gasteiger partial charge in [0.1, 0.15) is 0 Å². The molecule has 1 amide bonds. The predicted molar refractivity (Wildman–Crippen MR) is 65.8 cm³/mol. The summed E-state index contributed by atoms with van der Waals surface area (Å²) in [6, 6.07) is 0.848. The molecular formula is C12H25N3O. The second-order valence-corrected chi connectivity index (χ2v) is 5.36. The van der Waals surface area contributed by atoms with Crippen molar-refractivity contribution in [2.75, 3.05) is 13.1 Å². The van der Waals surface area contributed by atoms with E-state index in [0.29, 0.717) is 24.5 Å². The predicted octanol–water partition coefficient (Wildman–Crippen LogP) is 0.700. The first-order valence-corrected chi connectivity index (χ1v) is 6.27. The molecule has 0 aromatic heterocycles. The Kier molecular flexibility index (Phi) is 5.22. The highest BCUT2D eigenvalue weighted by Crippen LogP contribution is 2.22. The van der Waals surface area contributed by atoms with E-state index in [1.54, 1.807) is 0 Å². The van der Waals surface area contributed by atoms with Gasteiger partial charge in [-0.05, 0) is 31.6 Å². The van der Waals surface area contributed by atoms with Gasteiger partial charge >= 0.3 is 0 Å². The summed E-state index contributed by atoms with van der Waals surface area (Å²) >= 11 is 0. The van der Waals surface area contributed by atoms with Gasteiger partial charge < -0.3 is 11.5 Å². The fourth-order valence-electron chi connectivity index (χ4n) is 2.48. The molecule has 0 atom stereocenters. The zero-order chi connectivity index (χ0) is 12.1. The minimum atomic E-state index is -0.226. The summed E-state index contributed by atoms with van der Waals surface area (Å²) in [4.78, 5) is 13.3. The van der Waals surface area contributed by atoms with Crippen molar-refractivity contribution >= 4 is 5.91 Å². The molecule has 1 fully saturated rings. The summed E-state index contributed by atoms with van der Waals surface area (Å²) in [7, 11) is 0. The van der Waals surface area contributed by atoms with Crippen LogP contribution in [-0.4, -0.2) is 36.0 Å². The van der Waals surface area contributed by atoms with Crippen LogP contribution in [0, 0.1) is 5.92 Å². The molecule has 4 N–H and O–H groups in total. The highest BCUT2D eigenvalue weighted by molar-refractivity contribution is 5.75. The van der Waals surface area contributed by atoms with E-state index in [2.05, 4.69) is 18.7 Å². The van der Waals surface area contributed by atoms with E-state index in [1.165, 1.54) is 0 Å². The average Bonchev–Trinajstić information content (AvgIpc) is 2.16. The molecule has 1 rings (SSSR count). The van der Waals surface area contributed by atoms with Crippen molar-refractivity contribution in [1.29, 1.82) is 0 Å². The molecule has 4 heteroatoms. The Labute approximate surface area is 98.3 Å². The van der Waals surface area contributed by atoms with E-state index in [1.807, 2.05) is 0 Å². The first-order chi connectivity index (χ1) is 7.49. The molecule has 0 saturated heterocycles. The van der Waals surface area contributed by atoms with Gasteiger partial charge in [0.15, 0.2) is 0 Å². The van der Waals surface area contributed by atoms with Gasteiger partial charge in [0.2, 0.25) is 5.91 Å². The molecule has 0 radical (unpaired) electrons. The second kappa shape index (κ2) is 6.21. The zero-order valence-corrected chi connectivity index (χ0v) is 10.5. The number of nitrogens with zero attached hydrogens (tertiary/aromatic N) is 1. The lowest BCUT2D eigenvalue weighted by atomic mass is 9.90. The van der Waals surface area contributed by atoms with Crippen LogP contribution in [0.5, 0.6) is 0 Å². The number of nitrogens with two attached hydrogens (primary N) is 2. The van der Waals surface area contributed by atoms with Gasteiger partial charge in [-0.2, -0.15) is 0 Å². The van der Waals surface area contributed by atoms with Gasteiger partial charge in [0.05, 0.1) is 6.54 Å². The van der Waals surface area contributed by atoms with Crippen LogP contribution in [-0.2, 0) is 4.79 Å². The summed E-state index contributed by atoms with van der Waals surface area (Å²) < 4.78 is 0. The van der Waals surface area contributed by atoms with E-state index in [-0.39, 0.29) is 5.91 Å². The summed E-state index contributed by atoms with van der Waals surface area (Å²) in [6.45, 7) is 5.67. The van der Waals surface area contributed by atoms with Crippen LogP contribution in [0.1, 0.15) is 39.5 Å². The van der Waals surface area contributed by atoms with Crippen LogP contribution in [0.2, 0.25) is 0 Å². The first kappa shape index (κ1) is 13.5. The van der Waals surface area contributed by atoms with Crippen molar-refractivity contribution in [3.05, 3.63) is 0 Å². The third kappa shape index (κ3) is 4.49. The standard InChI is InChI=1S/C12H25N3O/c1-9(2)7-15(8-12(14)16)11-5-3-10(13)4-6-11/h9-11H,3-8,13H2,1-2H3,(H2,14,16). The molecule has 16 heavy (non-hydrogen) atoms. The molecule has 1 saturated carbocycles. The van der Waals surface area contributed by atoms with E-state index < -0.39 is 0 Å². The lowest BCUT2D eigenvalue weighted by Gasteiger charge is -2.36. The monoisotopic (exact) mass is 227 g/mol. The number of carbonyl (C=O) groups is 1. The smallest absolute Gasteiger partial charge is 0.231 e. The summed E-state index contributed by atoms with van der Waals surface area (Å²) in [5.41, 5.74) is 11.2. The Morgan fingerprint density at radius 1 is 1.31 bits per heavy atom. The first-order valence-electron chi connectivity index (χ1n) is 6.27. The van der Waals surface area contributed by atoms with Gasteiger partial charge in [-0.15, -0.1) is 0 Å². The Balaban J connectivity index is 2.50. The molecular weight excluding hydrogens is 202 g/mol. The van der Waals surface area contributed by atoms with Crippen LogP contribution in [0.25, 0.3) is 0 Å². The number of rotatable bonds is 5. The number of hydrogen-bond acceptors (Lipinski definition) is 3. The van der Waals surface area contributed by atoms with E-state index in [4.69, 9.17) is 11.5 Å². The Morgan fingerprint density at radius 3 is 2.31 bits per heavy atom. The van der Waals surface area contributed by atoms with Gasteiger partial charge in [0.25, 0.3) is 0 Å². The molecule has 94 valence electrons. The Hall–Kier alpha value is -0.610. The minimum Gasteiger partial charge on any atom is -0.369 e. The number of amides is 1. The fourth-order valence-corrected chi connectivity index (χ4v) is 2.48. The highest BCUT2D eigenvalue weighted by atomic mass is 16.1. The lowest BCUT2D eigenvalue weighted by molar-refractivity contribution is -0.120. The minimum absolute atomic E-state index is 0.226. The molecule has 0 aromatic rings.